The van der Waals surface area contributed by atoms with Gasteiger partial charge in [0.2, 0.25) is 0 Å². The van der Waals surface area contributed by atoms with Crippen molar-refractivity contribution in [3.8, 4) is 0 Å². The molecule has 0 radical (unpaired) electrons. The molecule has 0 spiro atoms. The van der Waals surface area contributed by atoms with Gasteiger partial charge in [0.25, 0.3) is 0 Å². The standard InChI is InChI=1S/C15H22N2O2S/c1-2-20(18,19)15-8-4-3-7-13(15)17-9-5-6-12-10-16-11-14(12)17/h3-4,7-8,12,14,16H,2,5-6,9-11H2,1H3. The summed E-state index contributed by atoms with van der Waals surface area (Å²) in [4.78, 5) is 2.81. The van der Waals surface area contributed by atoms with Crippen LogP contribution in [0.1, 0.15) is 19.8 Å². The highest BCUT2D eigenvalue weighted by molar-refractivity contribution is 7.91. The van der Waals surface area contributed by atoms with Gasteiger partial charge >= 0.3 is 0 Å². The number of nitrogens with zero attached hydrogens (tertiary/aromatic N) is 1. The van der Waals surface area contributed by atoms with Gasteiger partial charge in [-0.15, -0.1) is 0 Å². The highest BCUT2D eigenvalue weighted by Gasteiger charge is 2.36. The van der Waals surface area contributed by atoms with E-state index >= 15 is 0 Å². The summed E-state index contributed by atoms with van der Waals surface area (Å²) in [5.41, 5.74) is 0.896. The average molecular weight is 294 g/mol. The minimum atomic E-state index is -3.17. The van der Waals surface area contributed by atoms with Gasteiger partial charge in [0.15, 0.2) is 9.84 Å². The number of sulfone groups is 1. The Kier molecular flexibility index (Phi) is 3.73. The lowest BCUT2D eigenvalue weighted by atomic mass is 9.91. The quantitative estimate of drug-likeness (QED) is 0.921. The van der Waals surface area contributed by atoms with Gasteiger partial charge < -0.3 is 10.2 Å². The number of anilines is 1. The summed E-state index contributed by atoms with van der Waals surface area (Å²) in [6, 6.07) is 7.91. The molecule has 1 aromatic carbocycles. The molecule has 0 bridgehead atoms. The summed E-state index contributed by atoms with van der Waals surface area (Å²) in [6.07, 6.45) is 2.39. The van der Waals surface area contributed by atoms with Crippen molar-refractivity contribution in [1.29, 1.82) is 0 Å². The molecule has 2 fully saturated rings. The zero-order chi connectivity index (χ0) is 14.2. The summed E-state index contributed by atoms with van der Waals surface area (Å²) in [5.74, 6) is 0.811. The summed E-state index contributed by atoms with van der Waals surface area (Å²) in [6.45, 7) is 4.69. The Morgan fingerprint density at radius 3 is 2.90 bits per heavy atom. The van der Waals surface area contributed by atoms with Crippen molar-refractivity contribution >= 4 is 15.5 Å². The van der Waals surface area contributed by atoms with Gasteiger partial charge in [0, 0.05) is 25.7 Å². The lowest BCUT2D eigenvalue weighted by molar-refractivity contribution is 0.384. The molecule has 2 aliphatic rings. The van der Waals surface area contributed by atoms with E-state index in [-0.39, 0.29) is 5.75 Å². The minimum Gasteiger partial charge on any atom is -0.366 e. The Bertz CT molecular complexity index is 585. The largest absolute Gasteiger partial charge is 0.366 e. The first-order valence-electron chi connectivity index (χ1n) is 7.42. The molecule has 0 saturated carbocycles. The van der Waals surface area contributed by atoms with Crippen LogP contribution in [-0.4, -0.2) is 39.8 Å². The smallest absolute Gasteiger partial charge is 0.180 e. The predicted octanol–water partition coefficient (Wildman–Crippen LogP) is 1.67. The Morgan fingerprint density at radius 1 is 1.30 bits per heavy atom. The number of piperidine rings is 1. The molecule has 3 rings (SSSR count). The van der Waals surface area contributed by atoms with Gasteiger partial charge in [0.05, 0.1) is 16.3 Å². The number of hydrogen-bond donors (Lipinski definition) is 1. The van der Waals surface area contributed by atoms with Crippen LogP contribution in [-0.2, 0) is 9.84 Å². The molecular formula is C15H22N2O2S. The van der Waals surface area contributed by atoms with Crippen molar-refractivity contribution in [2.75, 3.05) is 30.3 Å². The second kappa shape index (κ2) is 5.37. The van der Waals surface area contributed by atoms with E-state index in [0.717, 1.165) is 31.7 Å². The van der Waals surface area contributed by atoms with E-state index in [4.69, 9.17) is 0 Å². The van der Waals surface area contributed by atoms with Crippen LogP contribution in [0.2, 0.25) is 0 Å². The van der Waals surface area contributed by atoms with E-state index in [0.29, 0.717) is 16.9 Å². The Hall–Kier alpha value is -1.07. The number of benzene rings is 1. The van der Waals surface area contributed by atoms with E-state index < -0.39 is 9.84 Å². The van der Waals surface area contributed by atoms with Crippen LogP contribution < -0.4 is 10.2 Å². The number of rotatable bonds is 3. The van der Waals surface area contributed by atoms with Crippen molar-refractivity contribution in [3.05, 3.63) is 24.3 Å². The average Bonchev–Trinajstić information content (AvgIpc) is 2.95. The van der Waals surface area contributed by atoms with Crippen LogP contribution in [0.15, 0.2) is 29.2 Å². The van der Waals surface area contributed by atoms with Crippen LogP contribution in [0.5, 0.6) is 0 Å². The topological polar surface area (TPSA) is 49.4 Å². The highest BCUT2D eigenvalue weighted by atomic mass is 32.2. The van der Waals surface area contributed by atoms with Gasteiger partial charge in [-0.3, -0.25) is 0 Å². The maximum Gasteiger partial charge on any atom is 0.180 e. The molecule has 0 amide bonds. The molecule has 20 heavy (non-hydrogen) atoms. The highest BCUT2D eigenvalue weighted by Crippen LogP contribution is 2.34. The molecule has 0 aliphatic carbocycles. The lowest BCUT2D eigenvalue weighted by Gasteiger charge is -2.39. The van der Waals surface area contributed by atoms with Gasteiger partial charge in [0.1, 0.15) is 0 Å². The van der Waals surface area contributed by atoms with Crippen LogP contribution in [0.25, 0.3) is 0 Å². The third-order valence-corrected chi connectivity index (χ3v) is 6.34. The molecule has 1 aromatic rings. The van der Waals surface area contributed by atoms with E-state index in [2.05, 4.69) is 10.2 Å². The second-order valence-electron chi connectivity index (χ2n) is 5.69. The van der Waals surface area contributed by atoms with E-state index in [1.54, 1.807) is 13.0 Å². The van der Waals surface area contributed by atoms with Crippen LogP contribution in [0, 0.1) is 5.92 Å². The fourth-order valence-corrected chi connectivity index (χ4v) is 4.58. The normalized spacial score (nSPS) is 26.6. The van der Waals surface area contributed by atoms with Gasteiger partial charge in [-0.05, 0) is 30.9 Å². The van der Waals surface area contributed by atoms with Gasteiger partial charge in [-0.1, -0.05) is 19.1 Å². The summed E-state index contributed by atoms with van der Waals surface area (Å²) in [7, 11) is -3.17. The molecular weight excluding hydrogens is 272 g/mol. The van der Waals surface area contributed by atoms with Crippen LogP contribution in [0.3, 0.4) is 0 Å². The molecule has 2 saturated heterocycles. The summed E-state index contributed by atoms with van der Waals surface area (Å²) < 4.78 is 24.6. The summed E-state index contributed by atoms with van der Waals surface area (Å²) >= 11 is 0. The number of nitrogens with one attached hydrogen (secondary N) is 1. The van der Waals surface area contributed by atoms with Crippen molar-refractivity contribution in [2.24, 2.45) is 5.92 Å². The third-order valence-electron chi connectivity index (χ3n) is 4.57. The molecule has 2 aliphatic heterocycles. The maximum atomic E-state index is 12.3. The molecule has 1 N–H and O–H groups in total. The first-order valence-corrected chi connectivity index (χ1v) is 9.08. The number of hydrogen-bond acceptors (Lipinski definition) is 4. The number of para-hydroxylation sites is 1. The SMILES string of the molecule is CCS(=O)(=O)c1ccccc1N1CCCC2CNCC21. The van der Waals surface area contributed by atoms with Crippen LogP contribution in [0.4, 0.5) is 5.69 Å². The first kappa shape index (κ1) is 13.9. The fourth-order valence-electron chi connectivity index (χ4n) is 3.48. The predicted molar refractivity (Wildman–Crippen MR) is 80.9 cm³/mol. The molecule has 4 nitrogen and oxygen atoms in total. The second-order valence-corrected chi connectivity index (χ2v) is 7.94. The third kappa shape index (κ3) is 2.33. The van der Waals surface area contributed by atoms with Crippen molar-refractivity contribution < 1.29 is 8.42 Å². The summed E-state index contributed by atoms with van der Waals surface area (Å²) in [5, 5.41) is 3.45. The molecule has 2 unspecified atom stereocenters. The molecule has 2 atom stereocenters. The minimum absolute atomic E-state index is 0.157. The van der Waals surface area contributed by atoms with E-state index in [1.165, 1.54) is 6.42 Å². The van der Waals surface area contributed by atoms with Crippen molar-refractivity contribution in [1.82, 2.24) is 5.32 Å². The van der Waals surface area contributed by atoms with Crippen LogP contribution >= 0.6 is 0 Å². The Labute approximate surface area is 121 Å². The Balaban J connectivity index is 2.02. The molecule has 5 heteroatoms. The zero-order valence-corrected chi connectivity index (χ0v) is 12.7. The maximum absolute atomic E-state index is 12.3. The Morgan fingerprint density at radius 2 is 2.10 bits per heavy atom. The van der Waals surface area contributed by atoms with E-state index in [9.17, 15) is 8.42 Å². The zero-order valence-electron chi connectivity index (χ0n) is 11.9. The van der Waals surface area contributed by atoms with E-state index in [1.807, 2.05) is 18.2 Å². The first-order chi connectivity index (χ1) is 9.63. The van der Waals surface area contributed by atoms with Crippen molar-refractivity contribution in [3.63, 3.8) is 0 Å². The molecule has 110 valence electrons. The van der Waals surface area contributed by atoms with Gasteiger partial charge in [-0.2, -0.15) is 0 Å². The molecule has 2 heterocycles. The lowest BCUT2D eigenvalue weighted by Crippen LogP contribution is -2.45. The van der Waals surface area contributed by atoms with Crippen molar-refractivity contribution in [2.45, 2.75) is 30.7 Å². The fraction of sp³-hybridized carbons (Fsp3) is 0.600. The monoisotopic (exact) mass is 294 g/mol. The number of fused-ring (bicyclic) bond motifs is 1. The van der Waals surface area contributed by atoms with Gasteiger partial charge in [-0.25, -0.2) is 8.42 Å². The molecule has 0 aromatic heterocycles.